The number of ether oxygens (including phenoxy) is 2. The van der Waals surface area contributed by atoms with Gasteiger partial charge in [0.05, 0.1) is 23.5 Å². The van der Waals surface area contributed by atoms with Crippen LogP contribution in [0.5, 0.6) is 6.01 Å². The number of methoxy groups -OCH3 is 1. The zero-order valence-electron chi connectivity index (χ0n) is 19.6. The number of anilines is 2. The molecular weight excluding hydrogens is 437 g/mol. The molecule has 0 fully saturated rings. The number of nitrogen functional groups attached to an aromatic ring is 1. The second-order valence-electron chi connectivity index (χ2n) is 8.55. The molecule has 1 aromatic carbocycles. The molecule has 4 rings (SSSR count). The van der Waals surface area contributed by atoms with E-state index in [1.165, 1.54) is 12.1 Å². The normalized spacial score (nSPS) is 12.6. The van der Waals surface area contributed by atoms with E-state index >= 15 is 0 Å². The SMILES string of the molecule is COC(C)(C)CCOc1nc(N[C@@H](C)c2ccc(F)cc2)cc(-c2c(N)nn3cccnc23)n1.[HH].[HH].[HH]. The molecule has 0 aliphatic rings. The van der Waals surface area contributed by atoms with Gasteiger partial charge in [-0.05, 0) is 44.5 Å². The summed E-state index contributed by atoms with van der Waals surface area (Å²) in [6.45, 7) is 6.29. The number of benzene rings is 1. The molecule has 184 valence electrons. The zero-order valence-corrected chi connectivity index (χ0v) is 19.6. The maximum absolute atomic E-state index is 13.3. The molecule has 10 heteroatoms. The fourth-order valence-corrected chi connectivity index (χ4v) is 3.39. The Bertz CT molecular complexity index is 1290. The lowest BCUT2D eigenvalue weighted by molar-refractivity contribution is 0.00470. The van der Waals surface area contributed by atoms with E-state index in [2.05, 4.69) is 25.4 Å². The van der Waals surface area contributed by atoms with Crippen LogP contribution in [0.2, 0.25) is 0 Å². The minimum Gasteiger partial charge on any atom is -0.463 e. The predicted molar refractivity (Wildman–Crippen MR) is 134 cm³/mol. The monoisotopic (exact) mass is 471 g/mol. The highest BCUT2D eigenvalue weighted by Gasteiger charge is 2.20. The maximum Gasteiger partial charge on any atom is 0.318 e. The van der Waals surface area contributed by atoms with Gasteiger partial charge in [-0.3, -0.25) is 0 Å². The Morgan fingerprint density at radius 3 is 2.74 bits per heavy atom. The van der Waals surface area contributed by atoms with Gasteiger partial charge in [-0.1, -0.05) is 12.1 Å². The molecule has 0 saturated heterocycles. The Labute approximate surface area is 201 Å². The molecule has 0 aliphatic carbocycles. The number of nitrogens with one attached hydrogen (secondary N) is 1. The van der Waals surface area contributed by atoms with Crippen LogP contribution in [0.3, 0.4) is 0 Å². The van der Waals surface area contributed by atoms with Crippen molar-refractivity contribution >= 4 is 17.3 Å². The van der Waals surface area contributed by atoms with Crippen molar-refractivity contribution in [1.29, 1.82) is 0 Å². The number of aromatic nitrogens is 5. The molecule has 0 spiro atoms. The van der Waals surface area contributed by atoms with Crippen LogP contribution < -0.4 is 15.8 Å². The molecule has 9 nitrogen and oxygen atoms in total. The summed E-state index contributed by atoms with van der Waals surface area (Å²) in [5.41, 5.74) is 8.47. The Morgan fingerprint density at radius 2 is 2.00 bits per heavy atom. The molecule has 4 aromatic rings. The van der Waals surface area contributed by atoms with Gasteiger partial charge in [0.15, 0.2) is 11.5 Å². The van der Waals surface area contributed by atoms with Gasteiger partial charge < -0.3 is 20.5 Å². The van der Waals surface area contributed by atoms with Crippen LogP contribution in [-0.2, 0) is 4.74 Å². The first-order chi connectivity index (χ1) is 16.3. The number of hydrogen-bond donors (Lipinski definition) is 2. The Balaban J connectivity index is 0.00000228. The molecule has 34 heavy (non-hydrogen) atoms. The zero-order chi connectivity index (χ0) is 24.3. The van der Waals surface area contributed by atoms with E-state index < -0.39 is 0 Å². The third-order valence-electron chi connectivity index (χ3n) is 5.61. The summed E-state index contributed by atoms with van der Waals surface area (Å²) in [6.07, 6.45) is 4.08. The summed E-state index contributed by atoms with van der Waals surface area (Å²) in [5, 5.41) is 7.67. The predicted octanol–water partition coefficient (Wildman–Crippen LogP) is 5.01. The van der Waals surface area contributed by atoms with E-state index in [-0.39, 0.29) is 27.8 Å². The van der Waals surface area contributed by atoms with Crippen molar-refractivity contribution in [2.45, 2.75) is 38.8 Å². The van der Waals surface area contributed by atoms with Gasteiger partial charge >= 0.3 is 6.01 Å². The van der Waals surface area contributed by atoms with Crippen molar-refractivity contribution in [3.8, 4) is 17.3 Å². The number of nitrogens with two attached hydrogens (primary N) is 1. The lowest BCUT2D eigenvalue weighted by Crippen LogP contribution is -2.25. The number of nitrogens with zero attached hydrogens (tertiary/aromatic N) is 5. The van der Waals surface area contributed by atoms with Crippen LogP contribution in [0, 0.1) is 5.82 Å². The molecule has 1 atom stereocenters. The molecule has 0 saturated carbocycles. The molecule has 3 heterocycles. The highest BCUT2D eigenvalue weighted by atomic mass is 19.1. The standard InChI is InChI=1S/C24H28FN7O2.3H2/c1-15(16-6-8-17(25)9-7-16)28-19-14-18(20-21(26)31-32-12-5-11-27-22(20)32)29-23(30-19)34-13-10-24(2,3)33-4;;;/h5-9,11-12,14-15H,10,13H2,1-4H3,(H2,26,31)(H,28,29,30);3*1H/t15-;;;/m0.../s1. The first-order valence-corrected chi connectivity index (χ1v) is 10.9. The fourth-order valence-electron chi connectivity index (χ4n) is 3.39. The van der Waals surface area contributed by atoms with Gasteiger partial charge in [0.25, 0.3) is 0 Å². The highest BCUT2D eigenvalue weighted by Crippen LogP contribution is 2.31. The molecular formula is C24H34FN7O2. The third-order valence-corrected chi connectivity index (χ3v) is 5.61. The van der Waals surface area contributed by atoms with Gasteiger partial charge in [-0.25, -0.2) is 13.9 Å². The number of hydrogen-bond acceptors (Lipinski definition) is 8. The maximum atomic E-state index is 13.3. The van der Waals surface area contributed by atoms with Crippen LogP contribution >= 0.6 is 0 Å². The van der Waals surface area contributed by atoms with Crippen molar-refractivity contribution in [3.63, 3.8) is 0 Å². The van der Waals surface area contributed by atoms with E-state index in [0.717, 1.165) is 5.56 Å². The second kappa shape index (κ2) is 9.60. The van der Waals surface area contributed by atoms with Crippen LogP contribution in [0.4, 0.5) is 16.0 Å². The van der Waals surface area contributed by atoms with E-state index in [1.807, 2.05) is 20.8 Å². The summed E-state index contributed by atoms with van der Waals surface area (Å²) in [4.78, 5) is 13.5. The van der Waals surface area contributed by atoms with Crippen LogP contribution in [-0.4, -0.2) is 43.9 Å². The van der Waals surface area contributed by atoms with Crippen molar-refractivity contribution in [3.05, 3.63) is 60.2 Å². The summed E-state index contributed by atoms with van der Waals surface area (Å²) >= 11 is 0. The Morgan fingerprint density at radius 1 is 1.24 bits per heavy atom. The average Bonchev–Trinajstić information content (AvgIpc) is 3.15. The molecule has 0 bridgehead atoms. The van der Waals surface area contributed by atoms with Crippen molar-refractivity contribution < 1.29 is 18.1 Å². The van der Waals surface area contributed by atoms with Crippen LogP contribution in [0.1, 0.15) is 43.1 Å². The van der Waals surface area contributed by atoms with E-state index in [0.29, 0.717) is 41.6 Å². The number of fused-ring (bicyclic) bond motifs is 1. The van der Waals surface area contributed by atoms with Gasteiger partial charge in [-0.15, -0.1) is 5.10 Å². The van der Waals surface area contributed by atoms with Crippen molar-refractivity contribution in [2.24, 2.45) is 0 Å². The third kappa shape index (κ3) is 5.23. The Kier molecular flexibility index (Phi) is 6.60. The Hall–Kier alpha value is -3.79. The first-order valence-electron chi connectivity index (χ1n) is 10.9. The first kappa shape index (κ1) is 23.4. The fraction of sp³-hybridized carbons (Fsp3) is 0.333. The minimum absolute atomic E-state index is 0. The van der Waals surface area contributed by atoms with Crippen LogP contribution in [0.25, 0.3) is 16.9 Å². The van der Waals surface area contributed by atoms with E-state index in [9.17, 15) is 4.39 Å². The van der Waals surface area contributed by atoms with Gasteiger partial charge in [-0.2, -0.15) is 9.97 Å². The molecule has 0 unspecified atom stereocenters. The summed E-state index contributed by atoms with van der Waals surface area (Å²) in [5.74, 6) is 0.532. The van der Waals surface area contributed by atoms with Crippen LogP contribution in [0.15, 0.2) is 48.8 Å². The van der Waals surface area contributed by atoms with Crippen molar-refractivity contribution in [2.75, 3.05) is 24.8 Å². The second-order valence-corrected chi connectivity index (χ2v) is 8.55. The smallest absolute Gasteiger partial charge is 0.318 e. The van der Waals surface area contributed by atoms with Crippen molar-refractivity contribution in [1.82, 2.24) is 24.6 Å². The van der Waals surface area contributed by atoms with Gasteiger partial charge in [0, 0.05) is 42.3 Å². The summed E-state index contributed by atoms with van der Waals surface area (Å²) in [7, 11) is 1.66. The average molecular weight is 472 g/mol. The van der Waals surface area contributed by atoms with E-state index in [4.69, 9.17) is 15.2 Å². The summed E-state index contributed by atoms with van der Waals surface area (Å²) in [6, 6.07) is 9.89. The molecule has 3 N–H and O–H groups in total. The highest BCUT2D eigenvalue weighted by molar-refractivity contribution is 5.85. The molecule has 0 aliphatic heterocycles. The largest absolute Gasteiger partial charge is 0.463 e. The molecule has 3 aromatic heterocycles. The topological polar surface area (TPSA) is 112 Å². The molecule has 0 radical (unpaired) electrons. The van der Waals surface area contributed by atoms with Gasteiger partial charge in [0.1, 0.15) is 11.6 Å². The minimum atomic E-state index is -0.341. The lowest BCUT2D eigenvalue weighted by atomic mass is 10.1. The van der Waals surface area contributed by atoms with E-state index in [1.54, 1.807) is 48.3 Å². The number of rotatable bonds is 9. The lowest BCUT2D eigenvalue weighted by Gasteiger charge is -2.22. The number of halogens is 1. The quantitative estimate of drug-likeness (QED) is 0.350. The molecule has 0 amide bonds. The van der Waals surface area contributed by atoms with Gasteiger partial charge in [0.2, 0.25) is 0 Å². The summed E-state index contributed by atoms with van der Waals surface area (Å²) < 4.78 is 26.3.